The quantitative estimate of drug-likeness (QED) is 0.882. The van der Waals surface area contributed by atoms with Crippen LogP contribution < -0.4 is 5.73 Å². The summed E-state index contributed by atoms with van der Waals surface area (Å²) in [5, 5.41) is 0. The Labute approximate surface area is 137 Å². The number of aryl methyl sites for hydroxylation is 3. The Morgan fingerprint density at radius 1 is 1.14 bits per heavy atom. The lowest BCUT2D eigenvalue weighted by molar-refractivity contribution is 0.674. The van der Waals surface area contributed by atoms with Crippen molar-refractivity contribution in [2.75, 3.05) is 5.75 Å². The third kappa shape index (κ3) is 4.02. The van der Waals surface area contributed by atoms with Gasteiger partial charge in [-0.25, -0.2) is 0 Å². The van der Waals surface area contributed by atoms with E-state index in [0.717, 1.165) is 14.9 Å². The molecule has 0 heterocycles. The predicted molar refractivity (Wildman–Crippen MR) is 93.0 cm³/mol. The lowest BCUT2D eigenvalue weighted by Gasteiger charge is -2.18. The highest BCUT2D eigenvalue weighted by Crippen LogP contribution is 2.24. The van der Waals surface area contributed by atoms with Gasteiger partial charge in [0, 0.05) is 21.2 Å². The molecule has 0 aliphatic rings. The third-order valence-electron chi connectivity index (χ3n) is 3.50. The van der Waals surface area contributed by atoms with Gasteiger partial charge in [-0.2, -0.15) is 0 Å². The molecule has 2 unspecified atom stereocenters. The summed E-state index contributed by atoms with van der Waals surface area (Å²) in [5.74, 6) is 0.432. The van der Waals surface area contributed by atoms with Crippen molar-refractivity contribution in [2.24, 2.45) is 5.73 Å². The van der Waals surface area contributed by atoms with Crippen LogP contribution >= 0.6 is 15.9 Å². The molecule has 0 aliphatic heterocycles. The molecule has 0 bridgehead atoms. The van der Waals surface area contributed by atoms with Gasteiger partial charge < -0.3 is 5.73 Å². The summed E-state index contributed by atoms with van der Waals surface area (Å²) in [6.07, 6.45) is 0. The second-order valence-corrected chi connectivity index (χ2v) is 7.80. The van der Waals surface area contributed by atoms with Crippen LogP contribution in [0.25, 0.3) is 0 Å². The lowest BCUT2D eigenvalue weighted by atomic mass is 9.95. The van der Waals surface area contributed by atoms with Crippen molar-refractivity contribution in [1.82, 2.24) is 0 Å². The molecule has 0 aromatic heterocycles. The highest BCUT2D eigenvalue weighted by atomic mass is 79.9. The van der Waals surface area contributed by atoms with E-state index in [1.807, 2.05) is 24.3 Å². The first-order valence-electron chi connectivity index (χ1n) is 6.85. The average molecular weight is 366 g/mol. The average Bonchev–Trinajstić information content (AvgIpc) is 2.37. The molecule has 4 heteroatoms. The highest BCUT2D eigenvalue weighted by molar-refractivity contribution is 9.10. The first-order chi connectivity index (χ1) is 9.88. The van der Waals surface area contributed by atoms with Crippen molar-refractivity contribution in [3.63, 3.8) is 0 Å². The molecule has 112 valence electrons. The van der Waals surface area contributed by atoms with Crippen LogP contribution in [0.3, 0.4) is 0 Å². The predicted octanol–water partition coefficient (Wildman–Crippen LogP) is 4.18. The second kappa shape index (κ2) is 6.86. The Morgan fingerprint density at radius 3 is 2.33 bits per heavy atom. The van der Waals surface area contributed by atoms with E-state index in [1.54, 1.807) is 0 Å². The maximum atomic E-state index is 12.5. The number of hydrogen-bond donors (Lipinski definition) is 1. The maximum Gasteiger partial charge on any atom is 0.0549 e. The normalized spacial score (nSPS) is 14.0. The van der Waals surface area contributed by atoms with Gasteiger partial charge in [0.25, 0.3) is 0 Å². The maximum absolute atomic E-state index is 12.5. The fraction of sp³-hybridized carbons (Fsp3) is 0.294. The highest BCUT2D eigenvalue weighted by Gasteiger charge is 2.16. The molecule has 2 rings (SSSR count). The smallest absolute Gasteiger partial charge is 0.0549 e. The van der Waals surface area contributed by atoms with Crippen molar-refractivity contribution in [3.05, 3.63) is 63.1 Å². The van der Waals surface area contributed by atoms with Gasteiger partial charge in [-0.15, -0.1) is 0 Å². The van der Waals surface area contributed by atoms with Crippen LogP contribution in [0.1, 0.15) is 28.3 Å². The van der Waals surface area contributed by atoms with E-state index in [1.165, 1.54) is 16.7 Å². The summed E-state index contributed by atoms with van der Waals surface area (Å²) in [7, 11) is -1.10. The van der Waals surface area contributed by atoms with E-state index >= 15 is 0 Å². The third-order valence-corrected chi connectivity index (χ3v) is 5.43. The largest absolute Gasteiger partial charge is 0.323 e. The van der Waals surface area contributed by atoms with Crippen LogP contribution in [0.4, 0.5) is 0 Å². The van der Waals surface area contributed by atoms with Crippen molar-refractivity contribution in [2.45, 2.75) is 31.7 Å². The van der Waals surface area contributed by atoms with Crippen molar-refractivity contribution in [1.29, 1.82) is 0 Å². The molecule has 0 fully saturated rings. The summed E-state index contributed by atoms with van der Waals surface area (Å²) < 4.78 is 13.4. The Morgan fingerprint density at radius 2 is 1.76 bits per heavy atom. The summed E-state index contributed by atoms with van der Waals surface area (Å²) in [4.78, 5) is 0.808. The van der Waals surface area contributed by atoms with Gasteiger partial charge in [-0.05, 0) is 55.7 Å². The number of hydrogen-bond acceptors (Lipinski definition) is 2. The van der Waals surface area contributed by atoms with Crippen LogP contribution in [0.5, 0.6) is 0 Å². The molecule has 2 aromatic carbocycles. The summed E-state index contributed by atoms with van der Waals surface area (Å²) in [6, 6.07) is 11.6. The number of rotatable bonds is 4. The van der Waals surface area contributed by atoms with Gasteiger partial charge in [0.15, 0.2) is 0 Å². The molecule has 0 aliphatic carbocycles. The monoisotopic (exact) mass is 365 g/mol. The molecule has 0 amide bonds. The fourth-order valence-corrected chi connectivity index (χ4v) is 4.45. The van der Waals surface area contributed by atoms with Gasteiger partial charge in [0.05, 0.1) is 10.8 Å². The van der Waals surface area contributed by atoms with Gasteiger partial charge in [-0.3, -0.25) is 4.21 Å². The molecule has 2 atom stereocenters. The molecule has 2 N–H and O–H groups in total. The van der Waals surface area contributed by atoms with Crippen LogP contribution in [0, 0.1) is 20.8 Å². The molecule has 0 saturated heterocycles. The molecule has 2 nitrogen and oxygen atoms in total. The molecular formula is C17H20BrNOS. The number of nitrogens with two attached hydrogens (primary N) is 1. The van der Waals surface area contributed by atoms with Gasteiger partial charge in [-0.1, -0.05) is 39.7 Å². The van der Waals surface area contributed by atoms with E-state index in [2.05, 4.69) is 48.8 Å². The van der Waals surface area contributed by atoms with Crippen LogP contribution in [0.2, 0.25) is 0 Å². The number of halogens is 1. The topological polar surface area (TPSA) is 43.1 Å². The Balaban J connectivity index is 2.22. The van der Waals surface area contributed by atoms with Gasteiger partial charge >= 0.3 is 0 Å². The van der Waals surface area contributed by atoms with Crippen LogP contribution in [-0.4, -0.2) is 9.96 Å². The van der Waals surface area contributed by atoms with E-state index in [0.29, 0.717) is 5.75 Å². The zero-order valence-corrected chi connectivity index (χ0v) is 14.9. The van der Waals surface area contributed by atoms with E-state index in [-0.39, 0.29) is 6.04 Å². The second-order valence-electron chi connectivity index (χ2n) is 5.39. The molecule has 2 aromatic rings. The van der Waals surface area contributed by atoms with Crippen LogP contribution in [0.15, 0.2) is 45.8 Å². The Kier molecular flexibility index (Phi) is 5.36. The first-order valence-corrected chi connectivity index (χ1v) is 8.97. The molecule has 21 heavy (non-hydrogen) atoms. The lowest BCUT2D eigenvalue weighted by Crippen LogP contribution is -2.20. The summed E-state index contributed by atoms with van der Waals surface area (Å²) in [5.41, 5.74) is 11.0. The zero-order chi connectivity index (χ0) is 15.6. The van der Waals surface area contributed by atoms with E-state index < -0.39 is 10.8 Å². The first kappa shape index (κ1) is 16.4. The van der Waals surface area contributed by atoms with Crippen LogP contribution in [-0.2, 0) is 10.8 Å². The minimum absolute atomic E-state index is 0.217. The minimum atomic E-state index is -1.10. The van der Waals surface area contributed by atoms with Gasteiger partial charge in [0.2, 0.25) is 0 Å². The van der Waals surface area contributed by atoms with Crippen molar-refractivity contribution < 1.29 is 4.21 Å². The molecule has 0 spiro atoms. The Bertz CT molecular complexity index is 661. The van der Waals surface area contributed by atoms with Crippen molar-refractivity contribution in [3.8, 4) is 0 Å². The van der Waals surface area contributed by atoms with E-state index in [9.17, 15) is 4.21 Å². The zero-order valence-electron chi connectivity index (χ0n) is 12.5. The summed E-state index contributed by atoms with van der Waals surface area (Å²) in [6.45, 7) is 6.21. The molecule has 0 saturated carbocycles. The fourth-order valence-electron chi connectivity index (χ4n) is 2.73. The van der Waals surface area contributed by atoms with Crippen molar-refractivity contribution >= 4 is 26.7 Å². The standard InChI is InChI=1S/C17H20BrNOS/c1-11-7-12(2)17(13(3)8-11)16(19)10-21(20)15-6-4-5-14(18)9-15/h4-9,16H,10,19H2,1-3H3. The van der Waals surface area contributed by atoms with Gasteiger partial charge in [0.1, 0.15) is 0 Å². The SMILES string of the molecule is Cc1cc(C)c(C(N)CS(=O)c2cccc(Br)c2)c(C)c1. The molecular weight excluding hydrogens is 346 g/mol. The minimum Gasteiger partial charge on any atom is -0.323 e. The summed E-state index contributed by atoms with van der Waals surface area (Å²) >= 11 is 3.41. The number of benzene rings is 2. The van der Waals surface area contributed by atoms with E-state index in [4.69, 9.17) is 5.73 Å². The molecule has 0 radical (unpaired) electrons. The Hall–Kier alpha value is -0.970.